The van der Waals surface area contributed by atoms with Gasteiger partial charge in [0.1, 0.15) is 0 Å². The van der Waals surface area contributed by atoms with Crippen LogP contribution in [0, 0.1) is 10.1 Å². The number of piperazine rings is 1. The van der Waals surface area contributed by atoms with Gasteiger partial charge in [0.05, 0.1) is 16.7 Å². The molecule has 0 amide bonds. The van der Waals surface area contributed by atoms with E-state index in [0.717, 1.165) is 19.2 Å². The lowest BCUT2D eigenvalue weighted by Crippen LogP contribution is -2.42. The van der Waals surface area contributed by atoms with Crippen molar-refractivity contribution < 1.29 is 9.31 Å². The average molecular weight is 241 g/mol. The summed E-state index contributed by atoms with van der Waals surface area (Å²) >= 11 is 0. The fourth-order valence-electron chi connectivity index (χ4n) is 1.65. The van der Waals surface area contributed by atoms with E-state index in [1.165, 1.54) is 0 Å². The quantitative estimate of drug-likeness (QED) is 0.459. The van der Waals surface area contributed by atoms with E-state index >= 15 is 0 Å². The molecule has 0 aromatic rings. The van der Waals surface area contributed by atoms with Gasteiger partial charge in [-0.3, -0.25) is 10.1 Å². The van der Waals surface area contributed by atoms with Gasteiger partial charge in [-0.05, 0) is 13.5 Å². The Labute approximate surface area is 99.4 Å². The van der Waals surface area contributed by atoms with Crippen molar-refractivity contribution in [2.24, 2.45) is 0 Å². The van der Waals surface area contributed by atoms with Crippen molar-refractivity contribution in [3.63, 3.8) is 0 Å². The van der Waals surface area contributed by atoms with Crippen molar-refractivity contribution >= 4 is 0 Å². The molecule has 5 nitrogen and oxygen atoms in total. The van der Waals surface area contributed by atoms with Crippen LogP contribution < -0.4 is 5.32 Å². The first-order valence-electron chi connectivity index (χ1n) is 5.39. The molecular weight excluding hydrogens is 225 g/mol. The molecule has 0 saturated carbocycles. The van der Waals surface area contributed by atoms with E-state index in [0.29, 0.717) is 18.8 Å². The van der Waals surface area contributed by atoms with E-state index in [1.54, 1.807) is 13.0 Å². The number of nitrogens with one attached hydrogen (secondary N) is 1. The molecule has 6 heteroatoms. The van der Waals surface area contributed by atoms with Crippen LogP contribution in [0.3, 0.4) is 0 Å². The highest BCUT2D eigenvalue weighted by Gasteiger charge is 2.17. The monoisotopic (exact) mass is 241 g/mol. The molecule has 1 saturated heterocycles. The largest absolute Gasteiger partial charge is 0.367 e. The van der Waals surface area contributed by atoms with E-state index in [-0.39, 0.29) is 0 Å². The summed E-state index contributed by atoms with van der Waals surface area (Å²) in [6.45, 7) is 7.82. The fourth-order valence-corrected chi connectivity index (χ4v) is 1.65. The topological polar surface area (TPSA) is 58.4 Å². The highest BCUT2D eigenvalue weighted by molar-refractivity contribution is 5.28. The number of hydrogen-bond acceptors (Lipinski definition) is 4. The summed E-state index contributed by atoms with van der Waals surface area (Å²) in [5.74, 6) is -0.615. The Morgan fingerprint density at radius 1 is 1.53 bits per heavy atom. The van der Waals surface area contributed by atoms with Crippen molar-refractivity contribution in [2.75, 3.05) is 26.2 Å². The van der Waals surface area contributed by atoms with Crippen LogP contribution in [0.15, 0.2) is 36.0 Å². The van der Waals surface area contributed by atoms with Crippen LogP contribution >= 0.6 is 0 Å². The Bertz CT molecular complexity index is 371. The number of halogens is 1. The summed E-state index contributed by atoms with van der Waals surface area (Å²) in [4.78, 5) is 11.5. The highest BCUT2D eigenvalue weighted by Crippen LogP contribution is 2.18. The van der Waals surface area contributed by atoms with E-state index in [4.69, 9.17) is 0 Å². The maximum atomic E-state index is 13.8. The molecule has 0 aromatic heterocycles. The molecule has 0 radical (unpaired) electrons. The van der Waals surface area contributed by atoms with Crippen LogP contribution in [0.2, 0.25) is 0 Å². The van der Waals surface area contributed by atoms with Gasteiger partial charge >= 0.3 is 0 Å². The minimum absolute atomic E-state index is 0.384. The summed E-state index contributed by atoms with van der Waals surface area (Å²) in [5, 5.41) is 13.5. The van der Waals surface area contributed by atoms with Crippen LogP contribution in [0.4, 0.5) is 4.39 Å². The first kappa shape index (κ1) is 13.4. The van der Waals surface area contributed by atoms with E-state index in [1.807, 2.05) is 4.90 Å². The molecule has 0 aliphatic carbocycles. The number of hydrogen-bond donors (Lipinski definition) is 1. The second kappa shape index (κ2) is 6.15. The van der Waals surface area contributed by atoms with Gasteiger partial charge in [0.25, 0.3) is 5.70 Å². The molecular formula is C11H16FN3O2. The standard InChI is InChI=1S/C11H16FN3O2/c1-3-11(14-6-4-13-5-7-14)10(12)8-9(2)15(16)17/h3,8,13H,2,4-7H2,1H3/b10-8+,11-3+. The summed E-state index contributed by atoms with van der Waals surface area (Å²) in [6.07, 6.45) is 2.47. The molecule has 1 heterocycles. The second-order valence-corrected chi connectivity index (χ2v) is 3.65. The third-order valence-electron chi connectivity index (χ3n) is 2.50. The third-order valence-corrected chi connectivity index (χ3v) is 2.50. The molecule has 0 spiro atoms. The predicted molar refractivity (Wildman–Crippen MR) is 63.5 cm³/mol. The number of nitrogens with zero attached hydrogens (tertiary/aromatic N) is 2. The van der Waals surface area contributed by atoms with Gasteiger partial charge in [-0.2, -0.15) is 0 Å². The first-order chi connectivity index (χ1) is 8.06. The van der Waals surface area contributed by atoms with Gasteiger partial charge in [-0.1, -0.05) is 6.08 Å². The van der Waals surface area contributed by atoms with Crippen LogP contribution in [-0.4, -0.2) is 36.0 Å². The molecule has 0 aromatic carbocycles. The lowest BCUT2D eigenvalue weighted by molar-refractivity contribution is -0.418. The molecule has 0 bridgehead atoms. The zero-order chi connectivity index (χ0) is 12.8. The maximum Gasteiger partial charge on any atom is 0.265 e. The van der Waals surface area contributed by atoms with Gasteiger partial charge in [-0.25, -0.2) is 4.39 Å². The molecule has 0 unspecified atom stereocenters. The first-order valence-corrected chi connectivity index (χ1v) is 5.39. The number of allylic oxidation sites excluding steroid dienone is 3. The zero-order valence-corrected chi connectivity index (χ0v) is 9.78. The molecule has 1 N–H and O–H groups in total. The summed E-state index contributed by atoms with van der Waals surface area (Å²) in [5.41, 5.74) is -0.0634. The molecule has 1 rings (SSSR count). The highest BCUT2D eigenvalue weighted by atomic mass is 19.1. The molecule has 0 atom stereocenters. The Hall–Kier alpha value is -1.69. The molecule has 1 aliphatic heterocycles. The summed E-state index contributed by atoms with van der Waals surface area (Å²) < 4.78 is 13.8. The van der Waals surface area contributed by atoms with Crippen LogP contribution in [0.25, 0.3) is 0 Å². The molecule has 1 fully saturated rings. The minimum atomic E-state index is -0.704. The predicted octanol–water partition coefficient (Wildman–Crippen LogP) is 1.44. The third kappa shape index (κ3) is 3.67. The van der Waals surface area contributed by atoms with Crippen LogP contribution in [-0.2, 0) is 0 Å². The Morgan fingerprint density at radius 3 is 2.59 bits per heavy atom. The fraction of sp³-hybridized carbons (Fsp3) is 0.455. The van der Waals surface area contributed by atoms with Crippen molar-refractivity contribution in [3.05, 3.63) is 46.1 Å². The maximum absolute atomic E-state index is 13.8. The van der Waals surface area contributed by atoms with E-state index in [2.05, 4.69) is 11.9 Å². The van der Waals surface area contributed by atoms with E-state index < -0.39 is 16.4 Å². The van der Waals surface area contributed by atoms with E-state index in [9.17, 15) is 14.5 Å². The second-order valence-electron chi connectivity index (χ2n) is 3.65. The number of nitro groups is 1. The number of rotatable bonds is 4. The Kier molecular flexibility index (Phi) is 4.84. The Morgan fingerprint density at radius 2 is 2.12 bits per heavy atom. The molecule has 94 valence electrons. The van der Waals surface area contributed by atoms with Gasteiger partial charge in [0, 0.05) is 26.2 Å². The smallest absolute Gasteiger partial charge is 0.265 e. The van der Waals surface area contributed by atoms with Gasteiger partial charge < -0.3 is 10.2 Å². The normalized spacial score (nSPS) is 18.1. The zero-order valence-electron chi connectivity index (χ0n) is 9.78. The summed E-state index contributed by atoms with van der Waals surface area (Å²) in [6, 6.07) is 0. The van der Waals surface area contributed by atoms with Crippen LogP contribution in [0.5, 0.6) is 0 Å². The average Bonchev–Trinajstić information content (AvgIpc) is 2.31. The lowest BCUT2D eigenvalue weighted by atomic mass is 10.2. The van der Waals surface area contributed by atoms with Crippen LogP contribution in [0.1, 0.15) is 6.92 Å². The van der Waals surface area contributed by atoms with Gasteiger partial charge in [-0.15, -0.1) is 0 Å². The van der Waals surface area contributed by atoms with Gasteiger partial charge in [0.2, 0.25) is 0 Å². The molecule has 17 heavy (non-hydrogen) atoms. The Balaban J connectivity index is 2.80. The summed E-state index contributed by atoms with van der Waals surface area (Å²) in [7, 11) is 0. The SMILES string of the molecule is C=C(/C=C(F)\C(=C/C)N1CCNCC1)[N+](=O)[O-]. The minimum Gasteiger partial charge on any atom is -0.367 e. The van der Waals surface area contributed by atoms with Gasteiger partial charge in [0.15, 0.2) is 5.83 Å². The van der Waals surface area contributed by atoms with Crippen molar-refractivity contribution in [1.82, 2.24) is 10.2 Å². The molecule has 1 aliphatic rings. The van der Waals surface area contributed by atoms with Crippen molar-refractivity contribution in [2.45, 2.75) is 6.92 Å². The van der Waals surface area contributed by atoms with Crippen molar-refractivity contribution in [1.29, 1.82) is 0 Å². The lowest BCUT2D eigenvalue weighted by Gasteiger charge is -2.30. The van der Waals surface area contributed by atoms with Crippen molar-refractivity contribution in [3.8, 4) is 0 Å².